The first-order valence-corrected chi connectivity index (χ1v) is 7.24. The fraction of sp³-hybridized carbons (Fsp3) is 0.500. The molecule has 0 radical (unpaired) electrons. The molecule has 108 valence electrons. The van der Waals surface area contributed by atoms with Gasteiger partial charge in [0.15, 0.2) is 0 Å². The van der Waals surface area contributed by atoms with E-state index in [9.17, 15) is 8.42 Å². The molecule has 0 aliphatic carbocycles. The van der Waals surface area contributed by atoms with Gasteiger partial charge in [0.2, 0.25) is 10.0 Å². The third kappa shape index (κ3) is 4.38. The molecule has 0 saturated heterocycles. The Balaban J connectivity index is 2.88. The summed E-state index contributed by atoms with van der Waals surface area (Å²) in [5, 5.41) is 0. The molecule has 0 saturated carbocycles. The molecule has 1 aromatic carbocycles. The Kier molecular flexibility index (Phi) is 6.07. The maximum atomic E-state index is 12.1. The fourth-order valence-electron chi connectivity index (χ4n) is 1.50. The number of sulfonamides is 1. The number of methoxy groups -OCH3 is 3. The van der Waals surface area contributed by atoms with Crippen molar-refractivity contribution in [2.45, 2.75) is 11.3 Å². The van der Waals surface area contributed by atoms with Crippen LogP contribution >= 0.6 is 0 Å². The molecule has 0 aliphatic rings. The number of hydrogen-bond acceptors (Lipinski definition) is 5. The minimum Gasteiger partial charge on any atom is -0.497 e. The van der Waals surface area contributed by atoms with Gasteiger partial charge in [-0.1, -0.05) is 0 Å². The van der Waals surface area contributed by atoms with Gasteiger partial charge in [0.05, 0.1) is 14.2 Å². The van der Waals surface area contributed by atoms with Crippen molar-refractivity contribution in [3.8, 4) is 11.5 Å². The highest BCUT2D eigenvalue weighted by molar-refractivity contribution is 7.89. The molecule has 0 aromatic heterocycles. The second kappa shape index (κ2) is 7.32. The fourth-order valence-corrected chi connectivity index (χ4v) is 2.72. The molecule has 6 nitrogen and oxygen atoms in total. The second-order valence-corrected chi connectivity index (χ2v) is 5.50. The van der Waals surface area contributed by atoms with E-state index in [0.29, 0.717) is 25.3 Å². The van der Waals surface area contributed by atoms with E-state index in [4.69, 9.17) is 14.2 Å². The van der Waals surface area contributed by atoms with Crippen LogP contribution in [0.25, 0.3) is 0 Å². The van der Waals surface area contributed by atoms with Gasteiger partial charge in [0, 0.05) is 26.3 Å². The minimum atomic E-state index is -3.59. The van der Waals surface area contributed by atoms with Crippen LogP contribution < -0.4 is 14.2 Å². The Morgan fingerprint density at radius 1 is 1.16 bits per heavy atom. The number of rotatable bonds is 8. The molecule has 19 heavy (non-hydrogen) atoms. The molecule has 0 atom stereocenters. The molecule has 0 heterocycles. The minimum absolute atomic E-state index is 0.0909. The van der Waals surface area contributed by atoms with Crippen LogP contribution in [0.2, 0.25) is 0 Å². The topological polar surface area (TPSA) is 73.9 Å². The van der Waals surface area contributed by atoms with E-state index in [1.165, 1.54) is 26.4 Å². The molecule has 7 heteroatoms. The zero-order valence-corrected chi connectivity index (χ0v) is 12.1. The normalized spacial score (nSPS) is 11.3. The zero-order valence-electron chi connectivity index (χ0n) is 11.3. The summed E-state index contributed by atoms with van der Waals surface area (Å²) in [5.41, 5.74) is 0. The summed E-state index contributed by atoms with van der Waals surface area (Å²) in [5.74, 6) is 0.786. The van der Waals surface area contributed by atoms with Gasteiger partial charge in [-0.3, -0.25) is 0 Å². The van der Waals surface area contributed by atoms with Gasteiger partial charge in [-0.05, 0) is 18.6 Å². The van der Waals surface area contributed by atoms with Gasteiger partial charge in [0.1, 0.15) is 16.4 Å². The van der Waals surface area contributed by atoms with Gasteiger partial charge in [-0.2, -0.15) is 0 Å². The Hall–Kier alpha value is -1.31. The third-order valence-electron chi connectivity index (χ3n) is 2.48. The van der Waals surface area contributed by atoms with Crippen LogP contribution in [-0.4, -0.2) is 42.9 Å². The summed E-state index contributed by atoms with van der Waals surface area (Å²) in [7, 11) is 0.897. The lowest BCUT2D eigenvalue weighted by Gasteiger charge is -2.11. The van der Waals surface area contributed by atoms with Crippen LogP contribution in [0, 0.1) is 0 Å². The van der Waals surface area contributed by atoms with Gasteiger partial charge >= 0.3 is 0 Å². The van der Waals surface area contributed by atoms with Crippen LogP contribution in [0.3, 0.4) is 0 Å². The first-order valence-electron chi connectivity index (χ1n) is 5.75. The molecule has 0 amide bonds. The number of nitrogens with one attached hydrogen (secondary N) is 1. The first kappa shape index (κ1) is 15.7. The van der Waals surface area contributed by atoms with E-state index in [-0.39, 0.29) is 10.6 Å². The van der Waals surface area contributed by atoms with Gasteiger partial charge in [-0.15, -0.1) is 0 Å². The summed E-state index contributed by atoms with van der Waals surface area (Å²) in [4.78, 5) is 0.0909. The highest BCUT2D eigenvalue weighted by atomic mass is 32.2. The smallest absolute Gasteiger partial charge is 0.244 e. The molecule has 0 bridgehead atoms. The highest BCUT2D eigenvalue weighted by Gasteiger charge is 2.19. The van der Waals surface area contributed by atoms with Crippen molar-refractivity contribution in [1.29, 1.82) is 0 Å². The monoisotopic (exact) mass is 289 g/mol. The SMILES string of the molecule is COCCCNS(=O)(=O)c1ccc(OC)cc1OC. The van der Waals surface area contributed by atoms with Crippen LogP contribution in [-0.2, 0) is 14.8 Å². The van der Waals surface area contributed by atoms with Gasteiger partial charge in [-0.25, -0.2) is 13.1 Å². The van der Waals surface area contributed by atoms with Crippen LogP contribution in [0.5, 0.6) is 11.5 Å². The average molecular weight is 289 g/mol. The summed E-state index contributed by atoms with van der Waals surface area (Å²) < 4.78 is 41.7. The van der Waals surface area contributed by atoms with E-state index >= 15 is 0 Å². The maximum absolute atomic E-state index is 12.1. The summed E-state index contributed by atoms with van der Waals surface area (Å²) in [6.45, 7) is 0.813. The number of benzene rings is 1. The van der Waals surface area contributed by atoms with Gasteiger partial charge < -0.3 is 14.2 Å². The molecular formula is C12H19NO5S. The summed E-state index contributed by atoms with van der Waals surface area (Å²) >= 11 is 0. The predicted octanol–water partition coefficient (Wildman–Crippen LogP) is 1.02. The quantitative estimate of drug-likeness (QED) is 0.723. The third-order valence-corrected chi connectivity index (χ3v) is 3.98. The van der Waals surface area contributed by atoms with Gasteiger partial charge in [0.25, 0.3) is 0 Å². The van der Waals surface area contributed by atoms with Crippen molar-refractivity contribution in [2.75, 3.05) is 34.5 Å². The van der Waals surface area contributed by atoms with E-state index in [1.54, 1.807) is 13.2 Å². The molecule has 1 aromatic rings. The predicted molar refractivity (Wildman–Crippen MR) is 71.2 cm³/mol. The Morgan fingerprint density at radius 3 is 2.47 bits per heavy atom. The van der Waals surface area contributed by atoms with Crippen molar-refractivity contribution in [1.82, 2.24) is 4.72 Å². The molecule has 0 fully saturated rings. The van der Waals surface area contributed by atoms with Crippen molar-refractivity contribution in [3.05, 3.63) is 18.2 Å². The van der Waals surface area contributed by atoms with Crippen LogP contribution in [0.15, 0.2) is 23.1 Å². The molecular weight excluding hydrogens is 270 g/mol. The maximum Gasteiger partial charge on any atom is 0.244 e. The number of ether oxygens (including phenoxy) is 3. The molecule has 0 spiro atoms. The van der Waals surface area contributed by atoms with Crippen molar-refractivity contribution >= 4 is 10.0 Å². The number of hydrogen-bond donors (Lipinski definition) is 1. The van der Waals surface area contributed by atoms with E-state index in [0.717, 1.165) is 0 Å². The van der Waals surface area contributed by atoms with Crippen molar-refractivity contribution < 1.29 is 22.6 Å². The molecule has 0 unspecified atom stereocenters. The van der Waals surface area contributed by atoms with E-state index < -0.39 is 10.0 Å². The lowest BCUT2D eigenvalue weighted by molar-refractivity contribution is 0.196. The Bertz CT molecular complexity index is 501. The second-order valence-electron chi connectivity index (χ2n) is 3.76. The van der Waals surface area contributed by atoms with Crippen molar-refractivity contribution in [2.24, 2.45) is 0 Å². The molecule has 1 rings (SSSR count). The van der Waals surface area contributed by atoms with Crippen LogP contribution in [0.1, 0.15) is 6.42 Å². The summed E-state index contributed by atoms with van der Waals surface area (Å²) in [6.07, 6.45) is 0.605. The molecule has 1 N–H and O–H groups in total. The first-order chi connectivity index (χ1) is 9.05. The lowest BCUT2D eigenvalue weighted by atomic mass is 10.3. The highest BCUT2D eigenvalue weighted by Crippen LogP contribution is 2.28. The largest absolute Gasteiger partial charge is 0.497 e. The molecule has 0 aliphatic heterocycles. The van der Waals surface area contributed by atoms with Crippen LogP contribution in [0.4, 0.5) is 0 Å². The average Bonchev–Trinajstić information content (AvgIpc) is 2.42. The zero-order chi connectivity index (χ0) is 14.3. The lowest BCUT2D eigenvalue weighted by Crippen LogP contribution is -2.26. The Morgan fingerprint density at radius 2 is 1.89 bits per heavy atom. The van der Waals surface area contributed by atoms with Crippen molar-refractivity contribution in [3.63, 3.8) is 0 Å². The van der Waals surface area contributed by atoms with E-state index in [1.807, 2.05) is 0 Å². The Labute approximate surface area is 113 Å². The standard InChI is InChI=1S/C12H19NO5S/c1-16-8-4-7-13-19(14,15)12-6-5-10(17-2)9-11(12)18-3/h5-6,9,13H,4,7-8H2,1-3H3. The summed E-state index contributed by atoms with van der Waals surface area (Å²) in [6, 6.07) is 4.56. The van der Waals surface area contributed by atoms with E-state index in [2.05, 4.69) is 4.72 Å².